The highest BCUT2D eigenvalue weighted by atomic mass is 35.5. The Bertz CT molecular complexity index is 611. The summed E-state index contributed by atoms with van der Waals surface area (Å²) in [6.45, 7) is 6.47. The maximum absolute atomic E-state index is 6.22. The van der Waals surface area contributed by atoms with Crippen LogP contribution in [0, 0.1) is 20.8 Å². The molecule has 2 rings (SSSR count). The predicted octanol–water partition coefficient (Wildman–Crippen LogP) is 3.91. The summed E-state index contributed by atoms with van der Waals surface area (Å²) in [6.07, 6.45) is 1.65. The van der Waals surface area contributed by atoms with E-state index in [1.165, 1.54) is 5.56 Å². The molecule has 4 heteroatoms. The normalized spacial score (nSPS) is 10.6. The van der Waals surface area contributed by atoms with Crippen molar-refractivity contribution < 1.29 is 4.74 Å². The first-order valence-electron chi connectivity index (χ1n) is 6.12. The van der Waals surface area contributed by atoms with E-state index < -0.39 is 0 Å². The first-order chi connectivity index (χ1) is 9.02. The number of nitrogens with two attached hydrogens (primary N) is 1. The number of aryl methyl sites for hydroxylation is 2. The third kappa shape index (κ3) is 2.88. The second kappa shape index (κ2) is 5.59. The number of halogens is 1. The molecular weight excluding hydrogens is 260 g/mol. The SMILES string of the molecule is Cc1cc(C)c(C)c(Oc2nccc(CN)c2Cl)c1. The fourth-order valence-electron chi connectivity index (χ4n) is 1.90. The number of hydrogen-bond donors (Lipinski definition) is 1. The van der Waals surface area contributed by atoms with Gasteiger partial charge in [-0.1, -0.05) is 17.7 Å². The second-order valence-electron chi connectivity index (χ2n) is 4.60. The molecule has 0 spiro atoms. The quantitative estimate of drug-likeness (QED) is 0.924. The van der Waals surface area contributed by atoms with Crippen molar-refractivity contribution in [2.24, 2.45) is 5.73 Å². The van der Waals surface area contributed by atoms with E-state index in [4.69, 9.17) is 22.1 Å². The number of rotatable bonds is 3. The standard InChI is InChI=1S/C15H17ClN2O/c1-9-6-10(2)11(3)13(7-9)19-15-14(16)12(8-17)4-5-18-15/h4-7H,8,17H2,1-3H3. The van der Waals surface area contributed by atoms with Crippen molar-refractivity contribution in [2.45, 2.75) is 27.3 Å². The molecule has 0 saturated carbocycles. The van der Waals surface area contributed by atoms with E-state index in [9.17, 15) is 0 Å². The van der Waals surface area contributed by atoms with Gasteiger partial charge in [-0.3, -0.25) is 0 Å². The number of ether oxygens (including phenoxy) is 1. The van der Waals surface area contributed by atoms with Crippen molar-refractivity contribution in [3.63, 3.8) is 0 Å². The molecular formula is C15H17ClN2O. The lowest BCUT2D eigenvalue weighted by atomic mass is 10.1. The Morgan fingerprint density at radius 1 is 1.26 bits per heavy atom. The van der Waals surface area contributed by atoms with Crippen LogP contribution in [0.15, 0.2) is 24.4 Å². The number of benzene rings is 1. The third-order valence-electron chi connectivity index (χ3n) is 3.13. The largest absolute Gasteiger partial charge is 0.437 e. The van der Waals surface area contributed by atoms with Crippen LogP contribution in [0.2, 0.25) is 5.02 Å². The Morgan fingerprint density at radius 3 is 2.68 bits per heavy atom. The van der Waals surface area contributed by atoms with Gasteiger partial charge in [0.1, 0.15) is 10.8 Å². The first kappa shape index (κ1) is 13.8. The monoisotopic (exact) mass is 276 g/mol. The molecule has 2 N–H and O–H groups in total. The van der Waals surface area contributed by atoms with Crippen molar-refractivity contribution in [1.82, 2.24) is 4.98 Å². The van der Waals surface area contributed by atoms with Crippen molar-refractivity contribution in [1.29, 1.82) is 0 Å². The lowest BCUT2D eigenvalue weighted by Gasteiger charge is -2.13. The molecule has 0 bridgehead atoms. The van der Waals surface area contributed by atoms with Crippen LogP contribution in [0.3, 0.4) is 0 Å². The molecule has 0 aliphatic rings. The van der Waals surface area contributed by atoms with Gasteiger partial charge in [0.2, 0.25) is 5.88 Å². The van der Waals surface area contributed by atoms with E-state index in [1.807, 2.05) is 19.9 Å². The summed E-state index contributed by atoms with van der Waals surface area (Å²) in [4.78, 5) is 4.17. The Labute approximate surface area is 118 Å². The van der Waals surface area contributed by atoms with E-state index in [-0.39, 0.29) is 0 Å². The zero-order valence-corrected chi connectivity index (χ0v) is 12.1. The van der Waals surface area contributed by atoms with Crippen LogP contribution in [0.5, 0.6) is 11.6 Å². The Hall–Kier alpha value is -1.58. The summed E-state index contributed by atoms with van der Waals surface area (Å²) in [6, 6.07) is 5.90. The lowest BCUT2D eigenvalue weighted by molar-refractivity contribution is 0.458. The molecule has 0 amide bonds. The average Bonchev–Trinajstić information content (AvgIpc) is 2.37. The number of pyridine rings is 1. The molecule has 3 nitrogen and oxygen atoms in total. The zero-order valence-electron chi connectivity index (χ0n) is 11.3. The van der Waals surface area contributed by atoms with E-state index in [0.29, 0.717) is 17.4 Å². The van der Waals surface area contributed by atoms with Crippen LogP contribution in [-0.2, 0) is 6.54 Å². The van der Waals surface area contributed by atoms with Gasteiger partial charge in [0.25, 0.3) is 0 Å². The maximum Gasteiger partial charge on any atom is 0.238 e. The summed E-state index contributed by atoms with van der Waals surface area (Å²) in [5.74, 6) is 1.18. The topological polar surface area (TPSA) is 48.1 Å². The van der Waals surface area contributed by atoms with Crippen molar-refractivity contribution in [2.75, 3.05) is 0 Å². The molecule has 19 heavy (non-hydrogen) atoms. The van der Waals surface area contributed by atoms with E-state index >= 15 is 0 Å². The fraction of sp³-hybridized carbons (Fsp3) is 0.267. The minimum absolute atomic E-state index is 0.365. The zero-order chi connectivity index (χ0) is 14.0. The minimum Gasteiger partial charge on any atom is -0.437 e. The molecule has 0 unspecified atom stereocenters. The predicted molar refractivity (Wildman–Crippen MR) is 77.9 cm³/mol. The Kier molecular flexibility index (Phi) is 4.08. The van der Waals surface area contributed by atoms with Gasteiger partial charge in [0, 0.05) is 12.7 Å². The molecule has 1 aromatic carbocycles. The first-order valence-corrected chi connectivity index (χ1v) is 6.50. The summed E-state index contributed by atoms with van der Waals surface area (Å²) in [5, 5.41) is 0.476. The third-order valence-corrected chi connectivity index (χ3v) is 3.53. The lowest BCUT2D eigenvalue weighted by Crippen LogP contribution is -2.00. The van der Waals surface area contributed by atoms with Gasteiger partial charge in [-0.2, -0.15) is 0 Å². The van der Waals surface area contributed by atoms with Crippen LogP contribution in [-0.4, -0.2) is 4.98 Å². The maximum atomic E-state index is 6.22. The van der Waals surface area contributed by atoms with Crippen LogP contribution in [0.4, 0.5) is 0 Å². The minimum atomic E-state index is 0.365. The smallest absolute Gasteiger partial charge is 0.238 e. The van der Waals surface area contributed by atoms with Gasteiger partial charge in [0.15, 0.2) is 0 Å². The van der Waals surface area contributed by atoms with Crippen LogP contribution < -0.4 is 10.5 Å². The molecule has 0 fully saturated rings. The number of aromatic nitrogens is 1. The van der Waals surface area contributed by atoms with Gasteiger partial charge in [0.05, 0.1) is 0 Å². The Balaban J connectivity index is 2.42. The van der Waals surface area contributed by atoms with Crippen molar-refractivity contribution in [3.05, 3.63) is 51.7 Å². The van der Waals surface area contributed by atoms with Gasteiger partial charge < -0.3 is 10.5 Å². The molecule has 0 radical (unpaired) electrons. The highest BCUT2D eigenvalue weighted by Crippen LogP contribution is 2.32. The van der Waals surface area contributed by atoms with E-state index in [1.54, 1.807) is 12.3 Å². The van der Waals surface area contributed by atoms with Gasteiger partial charge in [-0.15, -0.1) is 0 Å². The molecule has 0 aliphatic heterocycles. The molecule has 0 saturated heterocycles. The molecule has 0 aliphatic carbocycles. The fourth-order valence-corrected chi connectivity index (χ4v) is 2.13. The summed E-state index contributed by atoms with van der Waals surface area (Å²) < 4.78 is 5.85. The number of nitrogens with zero attached hydrogens (tertiary/aromatic N) is 1. The molecule has 2 aromatic rings. The van der Waals surface area contributed by atoms with Crippen molar-refractivity contribution in [3.8, 4) is 11.6 Å². The molecule has 100 valence electrons. The molecule has 0 atom stereocenters. The highest BCUT2D eigenvalue weighted by Gasteiger charge is 2.11. The van der Waals surface area contributed by atoms with Crippen LogP contribution in [0.25, 0.3) is 0 Å². The average molecular weight is 277 g/mol. The van der Waals surface area contributed by atoms with Crippen LogP contribution >= 0.6 is 11.6 Å². The molecule has 1 aromatic heterocycles. The highest BCUT2D eigenvalue weighted by molar-refractivity contribution is 6.32. The number of hydrogen-bond acceptors (Lipinski definition) is 3. The summed E-state index contributed by atoms with van der Waals surface area (Å²) in [5.41, 5.74) is 9.86. The van der Waals surface area contributed by atoms with Gasteiger partial charge >= 0.3 is 0 Å². The van der Waals surface area contributed by atoms with Crippen LogP contribution in [0.1, 0.15) is 22.3 Å². The van der Waals surface area contributed by atoms with Gasteiger partial charge in [-0.05, 0) is 55.2 Å². The Morgan fingerprint density at radius 2 is 2.00 bits per heavy atom. The second-order valence-corrected chi connectivity index (χ2v) is 4.98. The molecule has 1 heterocycles. The summed E-state index contributed by atoms with van der Waals surface area (Å²) >= 11 is 6.22. The van der Waals surface area contributed by atoms with Crippen molar-refractivity contribution >= 4 is 11.6 Å². The van der Waals surface area contributed by atoms with Gasteiger partial charge in [-0.25, -0.2) is 4.98 Å². The van der Waals surface area contributed by atoms with E-state index in [2.05, 4.69) is 18.0 Å². The summed E-state index contributed by atoms with van der Waals surface area (Å²) in [7, 11) is 0. The van der Waals surface area contributed by atoms with E-state index in [0.717, 1.165) is 22.4 Å².